The van der Waals surface area contributed by atoms with Crippen molar-refractivity contribution in [2.24, 2.45) is 4.99 Å². The van der Waals surface area contributed by atoms with Crippen LogP contribution in [0.25, 0.3) is 5.69 Å². The Labute approximate surface area is 157 Å². The monoisotopic (exact) mass is 382 g/mol. The van der Waals surface area contributed by atoms with Gasteiger partial charge in [0.15, 0.2) is 0 Å². The number of nitro benzene ring substituents is 1. The van der Waals surface area contributed by atoms with Crippen molar-refractivity contribution in [2.75, 3.05) is 7.11 Å². The van der Waals surface area contributed by atoms with Gasteiger partial charge < -0.3 is 9.84 Å². The van der Waals surface area contributed by atoms with E-state index >= 15 is 0 Å². The summed E-state index contributed by atoms with van der Waals surface area (Å²) in [6.07, 6.45) is 0.960. The quantitative estimate of drug-likeness (QED) is 0.392. The van der Waals surface area contributed by atoms with Crippen molar-refractivity contribution in [1.82, 2.24) is 9.55 Å². The third-order valence-electron chi connectivity index (χ3n) is 3.85. The SMILES string of the molecule is COc1ccc(N=Cc2c(O)n(-c3ccccc3)c(=O)[nH]c2=O)c([N+](=O)[O-])c1. The second-order valence-electron chi connectivity index (χ2n) is 5.54. The van der Waals surface area contributed by atoms with Gasteiger partial charge in [-0.25, -0.2) is 14.4 Å². The molecule has 0 atom stereocenters. The lowest BCUT2D eigenvalue weighted by Crippen LogP contribution is -2.31. The molecule has 1 aromatic heterocycles. The fourth-order valence-corrected chi connectivity index (χ4v) is 2.49. The maximum atomic E-state index is 12.1. The predicted octanol–water partition coefficient (Wildman–Crippen LogP) is 1.90. The number of rotatable bonds is 5. The summed E-state index contributed by atoms with van der Waals surface area (Å²) in [5.41, 5.74) is -2.11. The average molecular weight is 382 g/mol. The molecule has 0 saturated carbocycles. The Balaban J connectivity index is 2.13. The Morgan fingerprint density at radius 3 is 2.57 bits per heavy atom. The molecular weight excluding hydrogens is 368 g/mol. The fraction of sp³-hybridized carbons (Fsp3) is 0.0556. The van der Waals surface area contributed by atoms with Crippen LogP contribution in [0.15, 0.2) is 63.1 Å². The summed E-state index contributed by atoms with van der Waals surface area (Å²) in [5, 5.41) is 21.7. The van der Waals surface area contributed by atoms with Gasteiger partial charge in [0.1, 0.15) is 17.0 Å². The highest BCUT2D eigenvalue weighted by Gasteiger charge is 2.17. The van der Waals surface area contributed by atoms with Crippen LogP contribution < -0.4 is 16.0 Å². The molecule has 0 saturated heterocycles. The standard InChI is InChI=1S/C18H14N4O6/c1-28-12-7-8-14(15(9-12)22(26)27)19-10-13-16(23)20-18(25)21(17(13)24)11-5-3-2-4-6-11/h2-10,24H,1H3,(H,20,23,25). The van der Waals surface area contributed by atoms with Crippen LogP contribution in [-0.2, 0) is 0 Å². The highest BCUT2D eigenvalue weighted by atomic mass is 16.6. The number of nitrogens with zero attached hydrogens (tertiary/aromatic N) is 3. The minimum Gasteiger partial charge on any atom is -0.496 e. The van der Waals surface area contributed by atoms with Crippen LogP contribution in [0.2, 0.25) is 0 Å². The largest absolute Gasteiger partial charge is 0.496 e. The number of aliphatic imine (C=N–C) groups is 1. The summed E-state index contributed by atoms with van der Waals surface area (Å²) in [7, 11) is 1.37. The predicted molar refractivity (Wildman–Crippen MR) is 101 cm³/mol. The Bertz CT molecular complexity index is 1180. The average Bonchev–Trinajstić information content (AvgIpc) is 2.68. The zero-order valence-corrected chi connectivity index (χ0v) is 14.5. The molecule has 0 aliphatic heterocycles. The van der Waals surface area contributed by atoms with E-state index in [1.54, 1.807) is 30.3 Å². The molecule has 0 spiro atoms. The van der Waals surface area contributed by atoms with Crippen LogP contribution in [0.5, 0.6) is 11.6 Å². The molecule has 3 rings (SSSR count). The first kappa shape index (κ1) is 18.6. The summed E-state index contributed by atoms with van der Waals surface area (Å²) < 4.78 is 5.84. The lowest BCUT2D eigenvalue weighted by Gasteiger charge is -2.09. The van der Waals surface area contributed by atoms with Gasteiger partial charge in [-0.2, -0.15) is 0 Å². The van der Waals surface area contributed by atoms with Crippen LogP contribution in [0.4, 0.5) is 11.4 Å². The summed E-state index contributed by atoms with van der Waals surface area (Å²) in [5.74, 6) is -0.371. The lowest BCUT2D eigenvalue weighted by molar-refractivity contribution is -0.384. The number of benzene rings is 2. The Hall–Kier alpha value is -4.21. The first-order valence-electron chi connectivity index (χ1n) is 7.92. The van der Waals surface area contributed by atoms with Gasteiger partial charge in [-0.05, 0) is 24.3 Å². The van der Waals surface area contributed by atoms with Gasteiger partial charge in [0.2, 0.25) is 5.88 Å². The van der Waals surface area contributed by atoms with Gasteiger partial charge in [0, 0.05) is 6.21 Å². The van der Waals surface area contributed by atoms with Crippen LogP contribution in [0.3, 0.4) is 0 Å². The van der Waals surface area contributed by atoms with Gasteiger partial charge >= 0.3 is 5.69 Å². The van der Waals surface area contributed by atoms with Crippen molar-refractivity contribution in [3.8, 4) is 17.3 Å². The molecule has 0 fully saturated rings. The molecule has 1 heterocycles. The lowest BCUT2D eigenvalue weighted by atomic mass is 10.2. The number of aromatic amines is 1. The van der Waals surface area contributed by atoms with Crippen LogP contribution in [-0.4, -0.2) is 32.9 Å². The third kappa shape index (κ3) is 3.51. The van der Waals surface area contributed by atoms with E-state index in [1.165, 1.54) is 25.3 Å². The van der Waals surface area contributed by atoms with E-state index in [4.69, 9.17) is 4.74 Å². The smallest absolute Gasteiger partial charge is 0.335 e. The molecule has 0 amide bonds. The fourth-order valence-electron chi connectivity index (χ4n) is 2.49. The number of nitrogens with one attached hydrogen (secondary N) is 1. The van der Waals surface area contributed by atoms with Crippen molar-refractivity contribution in [1.29, 1.82) is 0 Å². The normalized spacial score (nSPS) is 10.9. The van der Waals surface area contributed by atoms with E-state index < -0.39 is 22.1 Å². The minimum absolute atomic E-state index is 0.0536. The van der Waals surface area contributed by atoms with Crippen LogP contribution in [0.1, 0.15) is 5.56 Å². The number of methoxy groups -OCH3 is 1. The number of hydrogen-bond acceptors (Lipinski definition) is 7. The Morgan fingerprint density at radius 1 is 1.21 bits per heavy atom. The van der Waals surface area contributed by atoms with Gasteiger partial charge in [-0.3, -0.25) is 19.9 Å². The number of hydrogen-bond donors (Lipinski definition) is 2. The first-order valence-corrected chi connectivity index (χ1v) is 7.92. The summed E-state index contributed by atoms with van der Waals surface area (Å²) in [6.45, 7) is 0. The van der Waals surface area contributed by atoms with E-state index in [-0.39, 0.29) is 22.7 Å². The number of para-hydroxylation sites is 1. The van der Waals surface area contributed by atoms with Gasteiger partial charge in [-0.1, -0.05) is 18.2 Å². The van der Waals surface area contributed by atoms with Crippen molar-refractivity contribution >= 4 is 17.6 Å². The van der Waals surface area contributed by atoms with E-state index in [2.05, 4.69) is 9.98 Å². The third-order valence-corrected chi connectivity index (χ3v) is 3.85. The summed E-state index contributed by atoms with van der Waals surface area (Å²) in [4.78, 5) is 40.8. The number of aromatic nitrogens is 2. The second kappa shape index (κ2) is 7.58. The van der Waals surface area contributed by atoms with E-state index in [1.807, 2.05) is 0 Å². The highest BCUT2D eigenvalue weighted by Crippen LogP contribution is 2.31. The van der Waals surface area contributed by atoms with Crippen LogP contribution in [0, 0.1) is 10.1 Å². The molecule has 2 aromatic carbocycles. The summed E-state index contributed by atoms with van der Waals surface area (Å²) in [6, 6.07) is 12.1. The van der Waals surface area contributed by atoms with E-state index in [9.17, 15) is 24.8 Å². The summed E-state index contributed by atoms with van der Waals surface area (Å²) >= 11 is 0. The molecule has 0 radical (unpaired) electrons. The molecular formula is C18H14N4O6. The highest BCUT2D eigenvalue weighted by molar-refractivity contribution is 5.85. The second-order valence-corrected chi connectivity index (χ2v) is 5.54. The van der Waals surface area contributed by atoms with E-state index in [0.717, 1.165) is 10.8 Å². The van der Waals surface area contributed by atoms with Gasteiger partial charge in [-0.15, -0.1) is 0 Å². The molecule has 0 bridgehead atoms. The van der Waals surface area contributed by atoms with Crippen LogP contribution >= 0.6 is 0 Å². The molecule has 2 N–H and O–H groups in total. The zero-order chi connectivity index (χ0) is 20.3. The molecule has 10 heteroatoms. The number of aromatic hydroxyl groups is 1. The molecule has 3 aromatic rings. The zero-order valence-electron chi connectivity index (χ0n) is 14.5. The van der Waals surface area contributed by atoms with Crippen molar-refractivity contribution in [3.63, 3.8) is 0 Å². The number of ether oxygens (including phenoxy) is 1. The molecule has 10 nitrogen and oxygen atoms in total. The Morgan fingerprint density at radius 2 is 1.93 bits per heavy atom. The van der Waals surface area contributed by atoms with Crippen molar-refractivity contribution in [2.45, 2.75) is 0 Å². The molecule has 28 heavy (non-hydrogen) atoms. The van der Waals surface area contributed by atoms with Gasteiger partial charge in [0.05, 0.1) is 23.8 Å². The van der Waals surface area contributed by atoms with Crippen molar-refractivity contribution < 1.29 is 14.8 Å². The van der Waals surface area contributed by atoms with Crippen molar-refractivity contribution in [3.05, 3.63) is 85.0 Å². The first-order chi connectivity index (χ1) is 13.4. The van der Waals surface area contributed by atoms with Gasteiger partial charge in [0.25, 0.3) is 11.2 Å². The topological polar surface area (TPSA) is 140 Å². The Kier molecular flexibility index (Phi) is 5.03. The van der Waals surface area contributed by atoms with E-state index in [0.29, 0.717) is 5.69 Å². The molecule has 142 valence electrons. The maximum Gasteiger partial charge on any atom is 0.335 e. The molecule has 0 aliphatic rings. The number of H-pyrrole nitrogens is 1. The minimum atomic E-state index is -0.880. The maximum absolute atomic E-state index is 12.1. The number of nitro groups is 1. The molecule has 0 aliphatic carbocycles. The molecule has 0 unspecified atom stereocenters.